The van der Waals surface area contributed by atoms with Crippen molar-refractivity contribution in [1.82, 2.24) is 15.0 Å². The van der Waals surface area contributed by atoms with Gasteiger partial charge in [0.25, 0.3) is 0 Å². The first-order valence-electron chi connectivity index (χ1n) is 5.62. The molecule has 1 aliphatic carbocycles. The molecule has 1 aromatic heterocycles. The topological polar surface area (TPSA) is 134 Å². The zero-order chi connectivity index (χ0) is 13.3. The van der Waals surface area contributed by atoms with Crippen LogP contribution in [0.2, 0.25) is 0 Å². The minimum atomic E-state index is -1.08. The predicted octanol–water partition coefficient (Wildman–Crippen LogP) is -1.91. The van der Waals surface area contributed by atoms with Gasteiger partial charge < -0.3 is 21.2 Å². The van der Waals surface area contributed by atoms with Crippen molar-refractivity contribution in [2.45, 2.75) is 24.7 Å². The van der Waals surface area contributed by atoms with Gasteiger partial charge in [-0.3, -0.25) is 4.57 Å². The molecule has 6 N–H and O–H groups in total. The number of hydrogen-bond donors (Lipinski definition) is 5. The SMILES string of the molecule is Nc1ccn([C@@H]2C[C@H](CNO)[C@@H](O)[C@H]2O)c(=O)n1. The molecule has 0 saturated heterocycles. The zero-order valence-electron chi connectivity index (χ0n) is 9.60. The third kappa shape index (κ3) is 2.23. The van der Waals surface area contributed by atoms with E-state index in [-0.39, 0.29) is 18.3 Å². The smallest absolute Gasteiger partial charge is 0.349 e. The Balaban J connectivity index is 2.26. The number of rotatable bonds is 3. The summed E-state index contributed by atoms with van der Waals surface area (Å²) in [5, 5.41) is 28.4. The van der Waals surface area contributed by atoms with E-state index in [1.54, 1.807) is 0 Å². The van der Waals surface area contributed by atoms with Crippen LogP contribution in [0.25, 0.3) is 0 Å². The van der Waals surface area contributed by atoms with Gasteiger partial charge in [-0.2, -0.15) is 4.98 Å². The minimum Gasteiger partial charge on any atom is -0.390 e. The molecular formula is C10H16N4O4. The van der Waals surface area contributed by atoms with Gasteiger partial charge in [0.05, 0.1) is 12.1 Å². The van der Waals surface area contributed by atoms with Crippen molar-refractivity contribution in [3.8, 4) is 0 Å². The van der Waals surface area contributed by atoms with E-state index in [2.05, 4.69) is 4.98 Å². The Morgan fingerprint density at radius 3 is 2.83 bits per heavy atom. The fourth-order valence-electron chi connectivity index (χ4n) is 2.37. The molecule has 0 bridgehead atoms. The number of anilines is 1. The van der Waals surface area contributed by atoms with E-state index in [0.717, 1.165) is 0 Å². The average Bonchev–Trinajstić information content (AvgIpc) is 2.58. The Hall–Kier alpha value is -1.48. The first-order chi connectivity index (χ1) is 8.54. The lowest BCUT2D eigenvalue weighted by Gasteiger charge is -2.18. The van der Waals surface area contributed by atoms with Crippen LogP contribution in [0.3, 0.4) is 0 Å². The van der Waals surface area contributed by atoms with E-state index in [9.17, 15) is 15.0 Å². The van der Waals surface area contributed by atoms with Crippen molar-refractivity contribution >= 4 is 5.82 Å². The largest absolute Gasteiger partial charge is 0.390 e. The molecule has 0 unspecified atom stereocenters. The van der Waals surface area contributed by atoms with E-state index < -0.39 is 23.9 Å². The lowest BCUT2D eigenvalue weighted by atomic mass is 10.1. The number of aromatic nitrogens is 2. The van der Waals surface area contributed by atoms with E-state index in [1.165, 1.54) is 16.8 Å². The molecule has 0 aliphatic heterocycles. The first kappa shape index (κ1) is 13.0. The summed E-state index contributed by atoms with van der Waals surface area (Å²) in [6, 6.07) is 0.886. The van der Waals surface area contributed by atoms with Gasteiger partial charge in [0.2, 0.25) is 0 Å². The number of nitrogen functional groups attached to an aromatic ring is 1. The highest BCUT2D eigenvalue weighted by Crippen LogP contribution is 2.34. The maximum absolute atomic E-state index is 11.7. The van der Waals surface area contributed by atoms with Gasteiger partial charge in [0.1, 0.15) is 11.9 Å². The highest BCUT2D eigenvalue weighted by atomic mass is 16.5. The molecule has 100 valence electrons. The standard InChI is InChI=1S/C10H16N4O4/c11-7-1-2-14(10(17)13-7)6-3-5(4-12-18)8(15)9(6)16/h1-2,5-6,8-9,12,15-16,18H,3-4H2,(H2,11,13,17)/t5-,6-,8-,9+/m1/s1. The molecule has 0 spiro atoms. The molecule has 8 heteroatoms. The summed E-state index contributed by atoms with van der Waals surface area (Å²) in [5.41, 5.74) is 6.78. The zero-order valence-corrected chi connectivity index (χ0v) is 9.60. The monoisotopic (exact) mass is 256 g/mol. The Morgan fingerprint density at radius 2 is 2.22 bits per heavy atom. The molecule has 1 aliphatic rings. The fourth-order valence-corrected chi connectivity index (χ4v) is 2.37. The Labute approximate surface area is 103 Å². The van der Waals surface area contributed by atoms with Crippen LogP contribution in [0.15, 0.2) is 17.1 Å². The van der Waals surface area contributed by atoms with Gasteiger partial charge in [0, 0.05) is 18.7 Å². The lowest BCUT2D eigenvalue weighted by molar-refractivity contribution is -0.000674. The molecule has 4 atom stereocenters. The van der Waals surface area contributed by atoms with E-state index in [0.29, 0.717) is 6.42 Å². The number of aliphatic hydroxyl groups excluding tert-OH is 2. The van der Waals surface area contributed by atoms with Gasteiger partial charge in [0.15, 0.2) is 0 Å². The second-order valence-corrected chi connectivity index (χ2v) is 4.45. The molecule has 0 amide bonds. The van der Waals surface area contributed by atoms with Crippen LogP contribution >= 0.6 is 0 Å². The predicted molar refractivity (Wildman–Crippen MR) is 61.9 cm³/mol. The van der Waals surface area contributed by atoms with Crippen LogP contribution in [-0.2, 0) is 0 Å². The van der Waals surface area contributed by atoms with Gasteiger partial charge >= 0.3 is 5.69 Å². The molecule has 8 nitrogen and oxygen atoms in total. The molecule has 1 fully saturated rings. The van der Waals surface area contributed by atoms with Crippen LogP contribution in [0.1, 0.15) is 12.5 Å². The highest BCUT2D eigenvalue weighted by molar-refractivity contribution is 5.23. The second-order valence-electron chi connectivity index (χ2n) is 4.45. The summed E-state index contributed by atoms with van der Waals surface area (Å²) in [5.74, 6) is -0.225. The summed E-state index contributed by atoms with van der Waals surface area (Å²) in [6.07, 6.45) is -0.271. The van der Waals surface area contributed by atoms with E-state index in [1.807, 2.05) is 5.48 Å². The molecule has 0 radical (unpaired) electrons. The van der Waals surface area contributed by atoms with Crippen LogP contribution < -0.4 is 16.9 Å². The quantitative estimate of drug-likeness (QED) is 0.398. The number of hydrogen-bond acceptors (Lipinski definition) is 7. The number of hydroxylamine groups is 1. The van der Waals surface area contributed by atoms with Crippen molar-refractivity contribution in [1.29, 1.82) is 0 Å². The molecule has 1 heterocycles. The lowest BCUT2D eigenvalue weighted by Crippen LogP contribution is -2.35. The Morgan fingerprint density at radius 1 is 1.50 bits per heavy atom. The van der Waals surface area contributed by atoms with Crippen molar-refractivity contribution in [3.63, 3.8) is 0 Å². The van der Waals surface area contributed by atoms with E-state index >= 15 is 0 Å². The van der Waals surface area contributed by atoms with Crippen LogP contribution in [0.5, 0.6) is 0 Å². The highest BCUT2D eigenvalue weighted by Gasteiger charge is 2.42. The van der Waals surface area contributed by atoms with Gasteiger partial charge in [-0.25, -0.2) is 10.3 Å². The van der Waals surface area contributed by atoms with Crippen LogP contribution in [-0.4, -0.2) is 43.7 Å². The molecule has 0 aromatic carbocycles. The third-order valence-electron chi connectivity index (χ3n) is 3.33. The first-order valence-corrected chi connectivity index (χ1v) is 5.62. The van der Waals surface area contributed by atoms with Crippen molar-refractivity contribution in [2.24, 2.45) is 5.92 Å². The molecule has 2 rings (SSSR count). The summed E-state index contributed by atoms with van der Waals surface area (Å²) in [4.78, 5) is 15.2. The van der Waals surface area contributed by atoms with E-state index in [4.69, 9.17) is 10.9 Å². The molecule has 1 saturated carbocycles. The fraction of sp³-hybridized carbons (Fsp3) is 0.600. The van der Waals surface area contributed by atoms with Crippen LogP contribution in [0.4, 0.5) is 5.82 Å². The second kappa shape index (κ2) is 5.02. The number of nitrogens with zero attached hydrogens (tertiary/aromatic N) is 2. The summed E-state index contributed by atoms with van der Waals surface area (Å²) < 4.78 is 1.25. The maximum Gasteiger partial charge on any atom is 0.349 e. The Kier molecular flexibility index (Phi) is 3.62. The number of nitrogens with two attached hydrogens (primary N) is 1. The summed E-state index contributed by atoms with van der Waals surface area (Å²) in [6.45, 7) is 0.145. The summed E-state index contributed by atoms with van der Waals surface area (Å²) in [7, 11) is 0. The van der Waals surface area contributed by atoms with Gasteiger partial charge in [-0.05, 0) is 12.5 Å². The molecule has 18 heavy (non-hydrogen) atoms. The molecule has 1 aromatic rings. The van der Waals surface area contributed by atoms with Crippen LogP contribution in [0, 0.1) is 5.92 Å². The van der Waals surface area contributed by atoms with Gasteiger partial charge in [-0.15, -0.1) is 0 Å². The van der Waals surface area contributed by atoms with Gasteiger partial charge in [-0.1, -0.05) is 0 Å². The Bertz CT molecular complexity index is 477. The van der Waals surface area contributed by atoms with Crippen molar-refractivity contribution in [2.75, 3.05) is 12.3 Å². The van der Waals surface area contributed by atoms with Crippen molar-refractivity contribution < 1.29 is 15.4 Å². The number of nitrogens with one attached hydrogen (secondary N) is 1. The normalized spacial score (nSPS) is 31.7. The maximum atomic E-state index is 11.7. The third-order valence-corrected chi connectivity index (χ3v) is 3.33. The number of aliphatic hydroxyl groups is 2. The van der Waals surface area contributed by atoms with Crippen molar-refractivity contribution in [3.05, 3.63) is 22.7 Å². The average molecular weight is 256 g/mol. The minimum absolute atomic E-state index is 0.109. The molecular weight excluding hydrogens is 240 g/mol. The summed E-state index contributed by atoms with van der Waals surface area (Å²) >= 11 is 0.